The summed E-state index contributed by atoms with van der Waals surface area (Å²) in [6.45, 7) is 0. The lowest BCUT2D eigenvalue weighted by Gasteiger charge is -2.00. The number of esters is 1. The van der Waals surface area contributed by atoms with Crippen LogP contribution in [0.5, 0.6) is 0 Å². The van der Waals surface area contributed by atoms with Gasteiger partial charge in [0.25, 0.3) is 0 Å². The van der Waals surface area contributed by atoms with Gasteiger partial charge in [-0.1, -0.05) is 30.3 Å². The predicted molar refractivity (Wildman–Crippen MR) is 73.0 cm³/mol. The van der Waals surface area contributed by atoms with Gasteiger partial charge in [0.05, 0.1) is 0 Å². The molecule has 0 saturated heterocycles. The smallest absolute Gasteiger partial charge is 0.336 e. The zero-order valence-electron chi connectivity index (χ0n) is 9.50. The van der Waals surface area contributed by atoms with Crippen LogP contribution in [0.2, 0.25) is 0 Å². The molecular formula is C15H10O2S. The predicted octanol–water partition coefficient (Wildman–Crippen LogP) is 3.87. The summed E-state index contributed by atoms with van der Waals surface area (Å²) in [6.07, 6.45) is 5.01. The van der Waals surface area contributed by atoms with Gasteiger partial charge >= 0.3 is 5.97 Å². The molecule has 1 aliphatic rings. The fourth-order valence-electron chi connectivity index (χ4n) is 1.82. The molecule has 2 heterocycles. The van der Waals surface area contributed by atoms with Crippen molar-refractivity contribution in [2.45, 2.75) is 0 Å². The number of benzene rings is 1. The summed E-state index contributed by atoms with van der Waals surface area (Å²) in [4.78, 5) is 12.2. The summed E-state index contributed by atoms with van der Waals surface area (Å²) in [5.74, 6) is 0.285. The molecule has 1 aromatic carbocycles. The maximum Gasteiger partial charge on any atom is 0.336 e. The Morgan fingerprint density at radius 3 is 2.61 bits per heavy atom. The Hall–Kier alpha value is -2.13. The Kier molecular flexibility index (Phi) is 2.82. The molecule has 88 valence electrons. The molecule has 1 aliphatic heterocycles. The summed E-state index contributed by atoms with van der Waals surface area (Å²) in [5.41, 5.74) is 2.24. The maximum absolute atomic E-state index is 11.0. The largest absolute Gasteiger partial charge is 0.423 e. The molecule has 2 nitrogen and oxygen atoms in total. The Bertz CT molecular complexity index is 636. The van der Waals surface area contributed by atoms with Gasteiger partial charge in [0.15, 0.2) is 0 Å². The second kappa shape index (κ2) is 4.63. The van der Waals surface area contributed by atoms with Crippen molar-refractivity contribution in [3.63, 3.8) is 0 Å². The average molecular weight is 254 g/mol. The molecular weight excluding hydrogens is 244 g/mol. The molecule has 1 aromatic heterocycles. The zero-order chi connectivity index (χ0) is 12.4. The number of carbonyl (C=O) groups excluding carboxylic acids is 1. The lowest BCUT2D eigenvalue weighted by molar-refractivity contribution is -0.132. The Morgan fingerprint density at radius 2 is 1.89 bits per heavy atom. The SMILES string of the molecule is O=C1C=CC(=Cc2ccsc2-c2ccccc2)O1. The van der Waals surface area contributed by atoms with E-state index in [0.29, 0.717) is 5.76 Å². The van der Waals surface area contributed by atoms with Crippen molar-refractivity contribution in [2.24, 2.45) is 0 Å². The van der Waals surface area contributed by atoms with Gasteiger partial charge in [-0.25, -0.2) is 4.79 Å². The third-order valence-electron chi connectivity index (χ3n) is 2.63. The lowest BCUT2D eigenvalue weighted by atomic mass is 10.1. The van der Waals surface area contributed by atoms with Crippen LogP contribution in [0.4, 0.5) is 0 Å². The minimum absolute atomic E-state index is 0.308. The Labute approximate surface area is 109 Å². The lowest BCUT2D eigenvalue weighted by Crippen LogP contribution is -1.89. The van der Waals surface area contributed by atoms with Crippen LogP contribution in [0.25, 0.3) is 16.5 Å². The number of carbonyl (C=O) groups is 1. The molecule has 0 atom stereocenters. The first-order chi connectivity index (χ1) is 8.83. The van der Waals surface area contributed by atoms with E-state index in [-0.39, 0.29) is 5.97 Å². The van der Waals surface area contributed by atoms with E-state index in [1.54, 1.807) is 17.4 Å². The van der Waals surface area contributed by atoms with Gasteiger partial charge in [0.2, 0.25) is 0 Å². The molecule has 18 heavy (non-hydrogen) atoms. The number of ether oxygens (including phenoxy) is 1. The van der Waals surface area contributed by atoms with E-state index in [4.69, 9.17) is 4.74 Å². The van der Waals surface area contributed by atoms with Crippen molar-refractivity contribution >= 4 is 23.4 Å². The molecule has 0 radical (unpaired) electrons. The van der Waals surface area contributed by atoms with Gasteiger partial charge in [-0.05, 0) is 34.7 Å². The maximum atomic E-state index is 11.0. The molecule has 0 saturated carbocycles. The van der Waals surface area contributed by atoms with Gasteiger partial charge in [0, 0.05) is 11.0 Å². The van der Waals surface area contributed by atoms with E-state index in [9.17, 15) is 4.79 Å². The quantitative estimate of drug-likeness (QED) is 0.760. The molecule has 0 unspecified atom stereocenters. The second-order valence-corrected chi connectivity index (χ2v) is 4.79. The van der Waals surface area contributed by atoms with Gasteiger partial charge < -0.3 is 4.74 Å². The summed E-state index contributed by atoms with van der Waals surface area (Å²) in [7, 11) is 0. The fraction of sp³-hybridized carbons (Fsp3) is 0. The van der Waals surface area contributed by atoms with Crippen LogP contribution in [-0.4, -0.2) is 5.97 Å². The number of cyclic esters (lactones) is 1. The van der Waals surface area contributed by atoms with Gasteiger partial charge in [-0.15, -0.1) is 11.3 Å². The average Bonchev–Trinajstić information content (AvgIpc) is 3.00. The highest BCUT2D eigenvalue weighted by Gasteiger charge is 2.11. The highest BCUT2D eigenvalue weighted by molar-refractivity contribution is 7.13. The van der Waals surface area contributed by atoms with Crippen LogP contribution < -0.4 is 0 Å². The summed E-state index contributed by atoms with van der Waals surface area (Å²) < 4.78 is 5.04. The van der Waals surface area contributed by atoms with Crippen LogP contribution in [0.3, 0.4) is 0 Å². The number of allylic oxidation sites excluding steroid dienone is 1. The van der Waals surface area contributed by atoms with Crippen molar-refractivity contribution in [3.8, 4) is 10.4 Å². The molecule has 2 aromatic rings. The van der Waals surface area contributed by atoms with E-state index >= 15 is 0 Å². The first-order valence-corrected chi connectivity index (χ1v) is 6.45. The topological polar surface area (TPSA) is 26.3 Å². The first kappa shape index (κ1) is 11.0. The number of hydrogen-bond acceptors (Lipinski definition) is 3. The standard InChI is InChI=1S/C15H10O2S/c16-14-7-6-13(17-14)10-12-8-9-18-15(12)11-4-2-1-3-5-11/h1-10H. The van der Waals surface area contributed by atoms with Crippen LogP contribution >= 0.6 is 11.3 Å². The highest BCUT2D eigenvalue weighted by atomic mass is 32.1. The molecule has 0 bridgehead atoms. The molecule has 0 amide bonds. The fourth-order valence-corrected chi connectivity index (χ4v) is 2.71. The second-order valence-electron chi connectivity index (χ2n) is 3.87. The van der Waals surface area contributed by atoms with E-state index in [0.717, 1.165) is 5.56 Å². The van der Waals surface area contributed by atoms with Crippen molar-refractivity contribution in [3.05, 3.63) is 65.3 Å². The van der Waals surface area contributed by atoms with E-state index in [1.165, 1.54) is 16.5 Å². The third kappa shape index (κ3) is 2.13. The molecule has 3 heteroatoms. The summed E-state index contributed by atoms with van der Waals surface area (Å²) in [5, 5.41) is 2.04. The molecule has 0 fully saturated rings. The monoisotopic (exact) mass is 254 g/mol. The van der Waals surface area contributed by atoms with Gasteiger partial charge in [-0.2, -0.15) is 0 Å². The minimum atomic E-state index is -0.308. The Balaban J connectivity index is 1.98. The summed E-state index contributed by atoms with van der Waals surface area (Å²) in [6, 6.07) is 12.2. The summed E-state index contributed by atoms with van der Waals surface area (Å²) >= 11 is 1.68. The molecule has 0 aliphatic carbocycles. The molecule has 0 N–H and O–H groups in total. The number of hydrogen-bond donors (Lipinski definition) is 0. The van der Waals surface area contributed by atoms with E-state index < -0.39 is 0 Å². The third-order valence-corrected chi connectivity index (χ3v) is 3.61. The van der Waals surface area contributed by atoms with Crippen molar-refractivity contribution in [1.82, 2.24) is 0 Å². The molecule has 3 rings (SSSR count). The van der Waals surface area contributed by atoms with E-state index in [1.807, 2.05) is 35.7 Å². The zero-order valence-corrected chi connectivity index (χ0v) is 10.3. The minimum Gasteiger partial charge on any atom is -0.423 e. The van der Waals surface area contributed by atoms with Crippen LogP contribution in [0, 0.1) is 0 Å². The van der Waals surface area contributed by atoms with Crippen molar-refractivity contribution in [1.29, 1.82) is 0 Å². The van der Waals surface area contributed by atoms with E-state index in [2.05, 4.69) is 12.1 Å². The first-order valence-electron chi connectivity index (χ1n) is 5.57. The van der Waals surface area contributed by atoms with Crippen molar-refractivity contribution in [2.75, 3.05) is 0 Å². The number of rotatable bonds is 2. The van der Waals surface area contributed by atoms with Crippen LogP contribution in [-0.2, 0) is 9.53 Å². The van der Waals surface area contributed by atoms with Gasteiger partial charge in [0.1, 0.15) is 5.76 Å². The molecule has 0 spiro atoms. The highest BCUT2D eigenvalue weighted by Crippen LogP contribution is 2.31. The normalized spacial score (nSPS) is 16.2. The Morgan fingerprint density at radius 1 is 1.06 bits per heavy atom. The van der Waals surface area contributed by atoms with Gasteiger partial charge in [-0.3, -0.25) is 0 Å². The van der Waals surface area contributed by atoms with Crippen LogP contribution in [0.15, 0.2) is 59.7 Å². The number of thiophene rings is 1. The van der Waals surface area contributed by atoms with Crippen molar-refractivity contribution < 1.29 is 9.53 Å². The van der Waals surface area contributed by atoms with Crippen LogP contribution in [0.1, 0.15) is 5.56 Å².